The molecule has 32 heavy (non-hydrogen) atoms. The van der Waals surface area contributed by atoms with E-state index in [1.54, 1.807) is 12.1 Å². The van der Waals surface area contributed by atoms with Gasteiger partial charge in [0.05, 0.1) is 10.6 Å². The van der Waals surface area contributed by atoms with Crippen molar-refractivity contribution >= 4 is 28.9 Å². The molecule has 2 aromatic heterocycles. The molecule has 0 fully saturated rings. The zero-order valence-corrected chi connectivity index (χ0v) is 17.5. The minimum absolute atomic E-state index is 0.256. The smallest absolute Gasteiger partial charge is 0.379 e. The molecular weight excluding hydrogens is 438 g/mol. The summed E-state index contributed by atoms with van der Waals surface area (Å²) >= 11 is 1.42. The first-order valence-corrected chi connectivity index (χ1v) is 10.3. The van der Waals surface area contributed by atoms with Crippen molar-refractivity contribution in [3.8, 4) is 16.4 Å². The molecule has 7 nitrogen and oxygen atoms in total. The maximum absolute atomic E-state index is 13.8. The number of nitrogens with one attached hydrogen (secondary N) is 1. The third kappa shape index (κ3) is 4.40. The molecule has 0 bridgehead atoms. The summed E-state index contributed by atoms with van der Waals surface area (Å²) in [5.41, 5.74) is 0.0649. The maximum atomic E-state index is 13.8. The van der Waals surface area contributed by atoms with Gasteiger partial charge in [0.25, 0.3) is 11.7 Å². The van der Waals surface area contributed by atoms with Crippen molar-refractivity contribution in [3.63, 3.8) is 0 Å². The lowest BCUT2D eigenvalue weighted by atomic mass is 10.2. The second kappa shape index (κ2) is 9.06. The molecule has 0 aliphatic rings. The summed E-state index contributed by atoms with van der Waals surface area (Å²) < 4.78 is 34.2. The highest BCUT2D eigenvalue weighted by Crippen LogP contribution is 2.26. The number of carbonyl (C=O) groups is 2. The van der Waals surface area contributed by atoms with Crippen LogP contribution in [0.3, 0.4) is 0 Å². The van der Waals surface area contributed by atoms with Crippen molar-refractivity contribution in [1.82, 2.24) is 14.8 Å². The largest absolute Gasteiger partial charge is 0.447 e. The molecule has 162 valence electrons. The highest BCUT2D eigenvalue weighted by Gasteiger charge is 2.25. The van der Waals surface area contributed by atoms with Gasteiger partial charge in [-0.05, 0) is 42.6 Å². The predicted molar refractivity (Wildman–Crippen MR) is 115 cm³/mol. The number of anilines is 1. The molecule has 1 unspecified atom stereocenters. The van der Waals surface area contributed by atoms with Gasteiger partial charge in [0.1, 0.15) is 17.3 Å². The average molecular weight is 454 g/mol. The Bertz CT molecular complexity index is 1240. The molecule has 2 aromatic carbocycles. The molecule has 0 saturated carbocycles. The van der Waals surface area contributed by atoms with Gasteiger partial charge >= 0.3 is 5.97 Å². The standard InChI is InChI=1S/C22H16F2N4O3S/c1-13(21(29)25-18-15(23)9-5-10-16(18)24)31-22(30)19-26-20(17-11-6-12-32-17)28(27-19)14-7-3-2-4-8-14/h2-13H,1H3,(H,25,29). The van der Waals surface area contributed by atoms with Crippen LogP contribution in [0.4, 0.5) is 14.5 Å². The zero-order chi connectivity index (χ0) is 22.7. The Labute approximate surface area is 185 Å². The number of hydrogen-bond acceptors (Lipinski definition) is 6. The minimum atomic E-state index is -1.35. The highest BCUT2D eigenvalue weighted by atomic mass is 32.1. The molecule has 2 heterocycles. The molecule has 0 aliphatic carbocycles. The van der Waals surface area contributed by atoms with Gasteiger partial charge in [-0.1, -0.05) is 30.3 Å². The van der Waals surface area contributed by atoms with E-state index >= 15 is 0 Å². The van der Waals surface area contributed by atoms with Gasteiger partial charge in [0.15, 0.2) is 11.9 Å². The van der Waals surface area contributed by atoms with Gasteiger partial charge < -0.3 is 10.1 Å². The fraction of sp³-hybridized carbons (Fsp3) is 0.0909. The minimum Gasteiger partial charge on any atom is -0.447 e. The molecule has 1 atom stereocenters. The lowest BCUT2D eigenvalue weighted by Gasteiger charge is -2.13. The van der Waals surface area contributed by atoms with E-state index in [9.17, 15) is 18.4 Å². The maximum Gasteiger partial charge on any atom is 0.379 e. The van der Waals surface area contributed by atoms with Crippen LogP contribution in [-0.4, -0.2) is 32.7 Å². The summed E-state index contributed by atoms with van der Waals surface area (Å²) in [5, 5.41) is 8.20. The van der Waals surface area contributed by atoms with Crippen LogP contribution in [0.25, 0.3) is 16.4 Å². The fourth-order valence-corrected chi connectivity index (χ4v) is 3.52. The number of para-hydroxylation sites is 2. The van der Waals surface area contributed by atoms with Crippen LogP contribution in [0.5, 0.6) is 0 Å². The SMILES string of the molecule is CC(OC(=O)c1nc(-c2cccs2)n(-c2ccccc2)n1)C(=O)Nc1c(F)cccc1F. The number of hydrogen-bond donors (Lipinski definition) is 1. The number of benzene rings is 2. The molecule has 1 N–H and O–H groups in total. The van der Waals surface area contributed by atoms with Gasteiger partial charge in [-0.15, -0.1) is 16.4 Å². The molecule has 0 radical (unpaired) electrons. The van der Waals surface area contributed by atoms with Gasteiger partial charge in [-0.2, -0.15) is 4.98 Å². The van der Waals surface area contributed by atoms with E-state index in [0.717, 1.165) is 17.0 Å². The lowest BCUT2D eigenvalue weighted by molar-refractivity contribution is -0.123. The van der Waals surface area contributed by atoms with Crippen LogP contribution in [-0.2, 0) is 9.53 Å². The highest BCUT2D eigenvalue weighted by molar-refractivity contribution is 7.13. The van der Waals surface area contributed by atoms with Crippen LogP contribution < -0.4 is 5.32 Å². The molecule has 4 aromatic rings. The van der Waals surface area contributed by atoms with E-state index in [2.05, 4.69) is 15.4 Å². The van der Waals surface area contributed by atoms with E-state index in [1.807, 2.05) is 35.7 Å². The summed E-state index contributed by atoms with van der Waals surface area (Å²) in [5.74, 6) is -3.56. The lowest BCUT2D eigenvalue weighted by Crippen LogP contribution is -2.31. The first-order chi connectivity index (χ1) is 15.4. The Morgan fingerprint density at radius 2 is 1.75 bits per heavy atom. The fourth-order valence-electron chi connectivity index (χ4n) is 2.82. The molecule has 1 amide bonds. The van der Waals surface area contributed by atoms with Crippen LogP contribution in [0.2, 0.25) is 0 Å². The van der Waals surface area contributed by atoms with Crippen molar-refractivity contribution in [2.24, 2.45) is 0 Å². The Kier molecular flexibility index (Phi) is 6.04. The molecule has 0 saturated heterocycles. The Hall–Kier alpha value is -3.92. The normalized spacial score (nSPS) is 11.7. The summed E-state index contributed by atoms with van der Waals surface area (Å²) in [6.07, 6.45) is -1.35. The van der Waals surface area contributed by atoms with Crippen LogP contribution in [0.15, 0.2) is 66.0 Å². The Morgan fingerprint density at radius 1 is 1.03 bits per heavy atom. The van der Waals surface area contributed by atoms with Gasteiger partial charge in [-0.3, -0.25) is 4.79 Å². The monoisotopic (exact) mass is 454 g/mol. The third-order valence-corrected chi connectivity index (χ3v) is 5.26. The van der Waals surface area contributed by atoms with Gasteiger partial charge in [0, 0.05) is 0 Å². The molecule has 0 aliphatic heterocycles. The molecule has 10 heteroatoms. The number of rotatable bonds is 6. The predicted octanol–water partition coefficient (Wildman–Crippen LogP) is 4.46. The van der Waals surface area contributed by atoms with Crippen molar-refractivity contribution in [2.45, 2.75) is 13.0 Å². The number of aromatic nitrogens is 3. The van der Waals surface area contributed by atoms with E-state index in [0.29, 0.717) is 11.5 Å². The van der Waals surface area contributed by atoms with E-state index in [4.69, 9.17) is 4.74 Å². The first-order valence-electron chi connectivity index (χ1n) is 9.46. The number of amides is 1. The van der Waals surface area contributed by atoms with Crippen LogP contribution in [0.1, 0.15) is 17.5 Å². The van der Waals surface area contributed by atoms with Crippen molar-refractivity contribution in [1.29, 1.82) is 0 Å². The van der Waals surface area contributed by atoms with Gasteiger partial charge in [-0.25, -0.2) is 18.3 Å². The van der Waals surface area contributed by atoms with Crippen molar-refractivity contribution < 1.29 is 23.1 Å². The topological polar surface area (TPSA) is 86.1 Å². The molecular formula is C22H16F2N4O3S. The second-order valence-electron chi connectivity index (χ2n) is 6.62. The number of carbonyl (C=O) groups excluding carboxylic acids is 2. The second-order valence-corrected chi connectivity index (χ2v) is 7.56. The first kappa shape index (κ1) is 21.3. The molecule has 4 rings (SSSR count). The summed E-state index contributed by atoms with van der Waals surface area (Å²) in [6, 6.07) is 16.0. The van der Waals surface area contributed by atoms with Crippen molar-refractivity contribution in [3.05, 3.63) is 83.5 Å². The number of nitrogens with zero attached hydrogens (tertiary/aromatic N) is 3. The molecule has 0 spiro atoms. The number of esters is 1. The summed E-state index contributed by atoms with van der Waals surface area (Å²) in [7, 11) is 0. The Balaban J connectivity index is 1.55. The number of ether oxygens (including phenoxy) is 1. The quantitative estimate of drug-likeness (QED) is 0.435. The Morgan fingerprint density at radius 3 is 2.41 bits per heavy atom. The van der Waals surface area contributed by atoms with Crippen molar-refractivity contribution in [2.75, 3.05) is 5.32 Å². The van der Waals surface area contributed by atoms with Crippen LogP contribution >= 0.6 is 11.3 Å². The average Bonchev–Trinajstić information content (AvgIpc) is 3.46. The number of halogens is 2. The summed E-state index contributed by atoms with van der Waals surface area (Å²) in [4.78, 5) is 30.0. The van der Waals surface area contributed by atoms with Crippen LogP contribution in [0, 0.1) is 11.6 Å². The zero-order valence-electron chi connectivity index (χ0n) is 16.7. The van der Waals surface area contributed by atoms with Gasteiger partial charge in [0.2, 0.25) is 0 Å². The van der Waals surface area contributed by atoms with E-state index in [1.165, 1.54) is 29.0 Å². The van der Waals surface area contributed by atoms with E-state index in [-0.39, 0.29) is 5.82 Å². The summed E-state index contributed by atoms with van der Waals surface area (Å²) in [6.45, 7) is 1.28. The van der Waals surface area contributed by atoms with E-state index < -0.39 is 35.3 Å². The third-order valence-electron chi connectivity index (χ3n) is 4.40. The number of thiophene rings is 1.